The molecule has 0 radical (unpaired) electrons. The minimum atomic E-state index is -0.185. The van der Waals surface area contributed by atoms with Gasteiger partial charge < -0.3 is 5.32 Å². The van der Waals surface area contributed by atoms with E-state index in [1.807, 2.05) is 18.3 Å². The highest BCUT2D eigenvalue weighted by molar-refractivity contribution is 7.21. The average molecular weight is 318 g/mol. The van der Waals surface area contributed by atoms with E-state index in [2.05, 4.69) is 27.8 Å². The van der Waals surface area contributed by atoms with E-state index in [-0.39, 0.29) is 5.82 Å². The van der Waals surface area contributed by atoms with Gasteiger partial charge in [-0.15, -0.1) is 22.7 Å². The molecule has 5 heteroatoms. The SMILES string of the molecule is Fc1ccc(CCNCc2ncc(-c3cccs3)s2)cc1. The summed E-state index contributed by atoms with van der Waals surface area (Å²) in [6.07, 6.45) is 2.83. The summed E-state index contributed by atoms with van der Waals surface area (Å²) in [7, 11) is 0. The number of thiazole rings is 1. The molecular weight excluding hydrogens is 303 g/mol. The summed E-state index contributed by atoms with van der Waals surface area (Å²) in [5, 5.41) is 6.55. The second-order valence-corrected chi connectivity index (χ2v) is 6.71. The van der Waals surface area contributed by atoms with Gasteiger partial charge in [0.1, 0.15) is 10.8 Å². The van der Waals surface area contributed by atoms with Crippen LogP contribution < -0.4 is 5.32 Å². The molecule has 0 fully saturated rings. The van der Waals surface area contributed by atoms with Gasteiger partial charge in [-0.1, -0.05) is 18.2 Å². The fourth-order valence-electron chi connectivity index (χ4n) is 2.00. The lowest BCUT2D eigenvalue weighted by Crippen LogP contribution is -2.16. The summed E-state index contributed by atoms with van der Waals surface area (Å²) in [6, 6.07) is 10.8. The van der Waals surface area contributed by atoms with Crippen LogP contribution in [0.2, 0.25) is 0 Å². The highest BCUT2D eigenvalue weighted by Gasteiger charge is 2.04. The number of hydrogen-bond acceptors (Lipinski definition) is 4. The second-order valence-electron chi connectivity index (χ2n) is 4.65. The number of benzene rings is 1. The Morgan fingerprint density at radius 2 is 1.95 bits per heavy atom. The van der Waals surface area contributed by atoms with Crippen LogP contribution in [0.5, 0.6) is 0 Å². The molecule has 1 N–H and O–H groups in total. The Hall–Kier alpha value is -1.56. The zero-order chi connectivity index (χ0) is 14.5. The van der Waals surface area contributed by atoms with Crippen LogP contribution in [0.25, 0.3) is 9.75 Å². The van der Waals surface area contributed by atoms with Gasteiger partial charge in [-0.25, -0.2) is 9.37 Å². The van der Waals surface area contributed by atoms with Gasteiger partial charge in [-0.3, -0.25) is 0 Å². The van der Waals surface area contributed by atoms with Gasteiger partial charge in [-0.05, 0) is 42.1 Å². The summed E-state index contributed by atoms with van der Waals surface area (Å²) < 4.78 is 12.8. The van der Waals surface area contributed by atoms with Crippen molar-refractivity contribution in [3.8, 4) is 9.75 Å². The zero-order valence-electron chi connectivity index (χ0n) is 11.4. The lowest BCUT2D eigenvalue weighted by molar-refractivity contribution is 0.626. The van der Waals surface area contributed by atoms with Crippen LogP contribution in [0.1, 0.15) is 10.6 Å². The first kappa shape index (κ1) is 14.4. The standard InChI is InChI=1S/C16H15FN2S2/c17-13-5-3-12(4-6-13)7-8-18-11-16-19-10-15(21-16)14-2-1-9-20-14/h1-6,9-10,18H,7-8,11H2. The second kappa shape index (κ2) is 6.93. The number of rotatable bonds is 6. The van der Waals surface area contributed by atoms with Crippen LogP contribution in [-0.4, -0.2) is 11.5 Å². The molecule has 0 spiro atoms. The van der Waals surface area contributed by atoms with Crippen LogP contribution >= 0.6 is 22.7 Å². The van der Waals surface area contributed by atoms with Gasteiger partial charge in [0.2, 0.25) is 0 Å². The summed E-state index contributed by atoms with van der Waals surface area (Å²) >= 11 is 3.46. The van der Waals surface area contributed by atoms with Crippen molar-refractivity contribution in [2.75, 3.05) is 6.54 Å². The van der Waals surface area contributed by atoms with E-state index in [9.17, 15) is 4.39 Å². The zero-order valence-corrected chi connectivity index (χ0v) is 13.0. The highest BCUT2D eigenvalue weighted by Crippen LogP contribution is 2.29. The Morgan fingerprint density at radius 1 is 1.10 bits per heavy atom. The minimum absolute atomic E-state index is 0.185. The van der Waals surface area contributed by atoms with Gasteiger partial charge in [0, 0.05) is 17.6 Å². The Morgan fingerprint density at radius 3 is 2.71 bits per heavy atom. The Bertz CT molecular complexity index is 675. The van der Waals surface area contributed by atoms with Crippen molar-refractivity contribution in [1.29, 1.82) is 0 Å². The van der Waals surface area contributed by atoms with E-state index < -0.39 is 0 Å². The predicted octanol–water partition coefficient (Wildman–Crippen LogP) is 4.34. The first-order valence-electron chi connectivity index (χ1n) is 6.75. The molecule has 0 unspecified atom stereocenters. The molecule has 2 heterocycles. The largest absolute Gasteiger partial charge is 0.310 e. The lowest BCUT2D eigenvalue weighted by Gasteiger charge is -2.03. The Labute approximate surface area is 131 Å². The van der Waals surface area contributed by atoms with Crippen molar-refractivity contribution in [1.82, 2.24) is 10.3 Å². The topological polar surface area (TPSA) is 24.9 Å². The van der Waals surface area contributed by atoms with Crippen LogP contribution in [-0.2, 0) is 13.0 Å². The smallest absolute Gasteiger partial charge is 0.123 e. The number of halogens is 1. The molecule has 108 valence electrons. The molecule has 0 atom stereocenters. The average Bonchev–Trinajstić information content (AvgIpc) is 3.16. The van der Waals surface area contributed by atoms with Crippen molar-refractivity contribution in [2.45, 2.75) is 13.0 Å². The minimum Gasteiger partial charge on any atom is -0.310 e. The van der Waals surface area contributed by atoms with Crippen molar-refractivity contribution in [3.05, 3.63) is 64.4 Å². The molecule has 21 heavy (non-hydrogen) atoms. The summed E-state index contributed by atoms with van der Waals surface area (Å²) in [6.45, 7) is 1.64. The van der Waals surface area contributed by atoms with E-state index in [1.165, 1.54) is 21.9 Å². The molecule has 0 saturated carbocycles. The molecule has 0 amide bonds. The molecule has 1 aromatic carbocycles. The molecule has 0 bridgehead atoms. The number of nitrogens with zero attached hydrogens (tertiary/aromatic N) is 1. The number of hydrogen-bond donors (Lipinski definition) is 1. The van der Waals surface area contributed by atoms with Gasteiger partial charge in [-0.2, -0.15) is 0 Å². The van der Waals surface area contributed by atoms with E-state index >= 15 is 0 Å². The maximum atomic E-state index is 12.8. The van der Waals surface area contributed by atoms with Crippen LogP contribution in [0.3, 0.4) is 0 Å². The Balaban J connectivity index is 1.46. The number of nitrogens with one attached hydrogen (secondary N) is 1. The molecule has 0 saturated heterocycles. The van der Waals surface area contributed by atoms with Crippen molar-refractivity contribution in [3.63, 3.8) is 0 Å². The molecule has 0 aliphatic rings. The van der Waals surface area contributed by atoms with Crippen LogP contribution in [0.15, 0.2) is 48.0 Å². The first-order valence-corrected chi connectivity index (χ1v) is 8.44. The third kappa shape index (κ3) is 3.97. The lowest BCUT2D eigenvalue weighted by atomic mass is 10.1. The fourth-order valence-corrected chi connectivity index (χ4v) is 3.71. The van der Waals surface area contributed by atoms with Crippen molar-refractivity contribution < 1.29 is 4.39 Å². The monoisotopic (exact) mass is 318 g/mol. The maximum absolute atomic E-state index is 12.8. The van der Waals surface area contributed by atoms with Gasteiger partial charge in [0.25, 0.3) is 0 Å². The molecule has 2 nitrogen and oxygen atoms in total. The van der Waals surface area contributed by atoms with Crippen LogP contribution in [0, 0.1) is 5.82 Å². The Kier molecular flexibility index (Phi) is 4.75. The third-order valence-corrected chi connectivity index (χ3v) is 5.16. The predicted molar refractivity (Wildman–Crippen MR) is 87.2 cm³/mol. The molecular formula is C16H15FN2S2. The van der Waals surface area contributed by atoms with E-state index in [4.69, 9.17) is 0 Å². The van der Waals surface area contributed by atoms with E-state index in [0.29, 0.717) is 0 Å². The van der Waals surface area contributed by atoms with E-state index in [1.54, 1.807) is 22.7 Å². The van der Waals surface area contributed by atoms with Gasteiger partial charge >= 0.3 is 0 Å². The fraction of sp³-hybridized carbons (Fsp3) is 0.188. The van der Waals surface area contributed by atoms with E-state index in [0.717, 1.165) is 30.1 Å². The molecule has 0 aliphatic heterocycles. The number of thiophene rings is 1. The highest BCUT2D eigenvalue weighted by atomic mass is 32.1. The normalized spacial score (nSPS) is 10.9. The number of aromatic nitrogens is 1. The molecule has 3 aromatic rings. The van der Waals surface area contributed by atoms with Crippen LogP contribution in [0.4, 0.5) is 4.39 Å². The van der Waals surface area contributed by atoms with Crippen molar-refractivity contribution >= 4 is 22.7 Å². The summed E-state index contributed by atoms with van der Waals surface area (Å²) in [4.78, 5) is 6.93. The quantitative estimate of drug-likeness (QED) is 0.684. The van der Waals surface area contributed by atoms with Gasteiger partial charge in [0.15, 0.2) is 0 Å². The maximum Gasteiger partial charge on any atom is 0.123 e. The first-order chi connectivity index (χ1) is 10.3. The van der Waals surface area contributed by atoms with Crippen molar-refractivity contribution in [2.24, 2.45) is 0 Å². The third-order valence-electron chi connectivity index (χ3n) is 3.10. The molecule has 0 aliphatic carbocycles. The molecule has 2 aromatic heterocycles. The van der Waals surface area contributed by atoms with Gasteiger partial charge in [0.05, 0.1) is 4.88 Å². The summed E-state index contributed by atoms with van der Waals surface area (Å²) in [5.74, 6) is -0.185. The molecule has 3 rings (SSSR count). The summed E-state index contributed by atoms with van der Waals surface area (Å²) in [5.41, 5.74) is 1.14.